The lowest BCUT2D eigenvalue weighted by Gasteiger charge is -2.20. The van der Waals surface area contributed by atoms with E-state index < -0.39 is 0 Å². The first-order valence-electron chi connectivity index (χ1n) is 3.08. The van der Waals surface area contributed by atoms with Crippen molar-refractivity contribution in [2.45, 2.75) is 19.4 Å². The molecule has 0 aromatic heterocycles. The van der Waals surface area contributed by atoms with Gasteiger partial charge in [0.05, 0.1) is 0 Å². The van der Waals surface area contributed by atoms with Crippen LogP contribution < -0.4 is 5.73 Å². The van der Waals surface area contributed by atoms with Crippen LogP contribution in [0.5, 0.6) is 0 Å². The first kappa shape index (κ1) is 7.92. The Hall–Kier alpha value is -0.0800. The molecule has 0 saturated heterocycles. The zero-order valence-corrected chi connectivity index (χ0v) is 6.02. The molecule has 0 amide bonds. The van der Waals surface area contributed by atoms with Gasteiger partial charge < -0.3 is 10.6 Å². The van der Waals surface area contributed by atoms with Crippen LogP contribution in [0.15, 0.2) is 0 Å². The summed E-state index contributed by atoms with van der Waals surface area (Å²) < 4.78 is 0. The average molecular weight is 116 g/mol. The molecule has 0 unspecified atom stereocenters. The monoisotopic (exact) mass is 116 g/mol. The van der Waals surface area contributed by atoms with Gasteiger partial charge >= 0.3 is 0 Å². The molecule has 2 heteroatoms. The van der Waals surface area contributed by atoms with Crippen molar-refractivity contribution in [1.29, 1.82) is 0 Å². The molecule has 0 aliphatic carbocycles. The van der Waals surface area contributed by atoms with Crippen LogP contribution >= 0.6 is 0 Å². The van der Waals surface area contributed by atoms with E-state index in [1.807, 2.05) is 0 Å². The van der Waals surface area contributed by atoms with Gasteiger partial charge in [-0.2, -0.15) is 0 Å². The second-order valence-corrected chi connectivity index (χ2v) is 2.26. The largest absolute Gasteiger partial charge is 0.329 e. The lowest BCUT2D eigenvalue weighted by molar-refractivity contribution is 0.292. The van der Waals surface area contributed by atoms with E-state index in [1.165, 1.54) is 0 Å². The first-order chi connectivity index (χ1) is 3.72. The highest BCUT2D eigenvalue weighted by atomic mass is 15.1. The van der Waals surface area contributed by atoms with Crippen molar-refractivity contribution in [1.82, 2.24) is 4.90 Å². The molecule has 0 aliphatic rings. The number of nitrogens with zero attached hydrogens (tertiary/aromatic N) is 1. The quantitative estimate of drug-likeness (QED) is 0.574. The topological polar surface area (TPSA) is 29.3 Å². The maximum absolute atomic E-state index is 5.44. The number of rotatable bonds is 3. The molecule has 2 nitrogen and oxygen atoms in total. The third kappa shape index (κ3) is 2.28. The van der Waals surface area contributed by atoms with Crippen molar-refractivity contribution in [2.75, 3.05) is 20.6 Å². The normalized spacial score (nSPS) is 14.6. The molecule has 0 fully saturated rings. The van der Waals surface area contributed by atoms with Gasteiger partial charge in [0.1, 0.15) is 0 Å². The number of hydrogen-bond donors (Lipinski definition) is 1. The van der Waals surface area contributed by atoms with Crippen molar-refractivity contribution in [2.24, 2.45) is 5.73 Å². The molecular weight excluding hydrogens is 100 g/mol. The molecule has 0 heterocycles. The fraction of sp³-hybridized carbons (Fsp3) is 1.00. The Morgan fingerprint density at radius 2 is 2.00 bits per heavy atom. The summed E-state index contributed by atoms with van der Waals surface area (Å²) in [5.74, 6) is 0. The second-order valence-electron chi connectivity index (χ2n) is 2.26. The van der Waals surface area contributed by atoms with Crippen LogP contribution in [-0.2, 0) is 0 Å². The van der Waals surface area contributed by atoms with Gasteiger partial charge in [0, 0.05) is 12.6 Å². The van der Waals surface area contributed by atoms with Gasteiger partial charge in [-0.25, -0.2) is 0 Å². The van der Waals surface area contributed by atoms with E-state index in [1.54, 1.807) is 0 Å². The Morgan fingerprint density at radius 3 is 2.00 bits per heavy atom. The Morgan fingerprint density at radius 1 is 1.50 bits per heavy atom. The Labute approximate surface area is 51.7 Å². The third-order valence-corrected chi connectivity index (χ3v) is 1.47. The zero-order chi connectivity index (χ0) is 6.57. The smallest absolute Gasteiger partial charge is 0.0209 e. The Bertz CT molecular complexity index is 48.5. The van der Waals surface area contributed by atoms with E-state index >= 15 is 0 Å². The summed E-state index contributed by atoms with van der Waals surface area (Å²) in [4.78, 5) is 2.15. The number of hydrogen-bond acceptors (Lipinski definition) is 2. The summed E-state index contributed by atoms with van der Waals surface area (Å²) in [6, 6.07) is 0.565. The second kappa shape index (κ2) is 3.87. The van der Waals surface area contributed by atoms with Crippen LogP contribution in [0.4, 0.5) is 0 Å². The lowest BCUT2D eigenvalue weighted by Crippen LogP contribution is -2.34. The molecule has 0 aromatic carbocycles. The van der Waals surface area contributed by atoms with Crippen molar-refractivity contribution in [3.8, 4) is 0 Å². The molecule has 0 radical (unpaired) electrons. The standard InChI is InChI=1S/C6H16N2/c1-4-6(5-7)8(2)3/h6H,4-5,7H2,1-3H3/t6-/m0/s1. The molecule has 8 heavy (non-hydrogen) atoms. The van der Waals surface area contributed by atoms with Crippen LogP contribution in [0, 0.1) is 0 Å². The molecule has 0 aromatic rings. The van der Waals surface area contributed by atoms with Gasteiger partial charge in [-0.1, -0.05) is 6.92 Å². The summed E-state index contributed by atoms with van der Waals surface area (Å²) in [6.45, 7) is 2.92. The van der Waals surface area contributed by atoms with Crippen LogP contribution in [0.1, 0.15) is 13.3 Å². The predicted molar refractivity (Wildman–Crippen MR) is 36.8 cm³/mol. The maximum atomic E-state index is 5.44. The van der Waals surface area contributed by atoms with Gasteiger partial charge in [0.25, 0.3) is 0 Å². The molecule has 0 saturated carbocycles. The minimum atomic E-state index is 0.565. The molecule has 50 valence electrons. The van der Waals surface area contributed by atoms with Crippen molar-refractivity contribution in [3.05, 3.63) is 0 Å². The van der Waals surface area contributed by atoms with Gasteiger partial charge in [-0.05, 0) is 20.5 Å². The van der Waals surface area contributed by atoms with Gasteiger partial charge in [0.2, 0.25) is 0 Å². The van der Waals surface area contributed by atoms with E-state index in [2.05, 4.69) is 25.9 Å². The van der Waals surface area contributed by atoms with Gasteiger partial charge in [0.15, 0.2) is 0 Å². The Balaban J connectivity index is 3.35. The number of nitrogens with two attached hydrogens (primary N) is 1. The van der Waals surface area contributed by atoms with E-state index in [9.17, 15) is 0 Å². The highest BCUT2D eigenvalue weighted by molar-refractivity contribution is 4.62. The van der Waals surface area contributed by atoms with Crippen molar-refractivity contribution in [3.63, 3.8) is 0 Å². The maximum Gasteiger partial charge on any atom is 0.0209 e. The first-order valence-corrected chi connectivity index (χ1v) is 3.08. The van der Waals surface area contributed by atoms with Crippen molar-refractivity contribution < 1.29 is 0 Å². The Kier molecular flexibility index (Phi) is 3.83. The number of likely N-dealkylation sites (N-methyl/N-ethyl adjacent to an activating group) is 1. The molecular formula is C6H16N2. The van der Waals surface area contributed by atoms with Crippen LogP contribution in [0.3, 0.4) is 0 Å². The lowest BCUT2D eigenvalue weighted by atomic mass is 10.2. The van der Waals surface area contributed by atoms with Gasteiger partial charge in [-0.15, -0.1) is 0 Å². The fourth-order valence-corrected chi connectivity index (χ4v) is 0.743. The fourth-order valence-electron chi connectivity index (χ4n) is 0.743. The third-order valence-electron chi connectivity index (χ3n) is 1.47. The van der Waals surface area contributed by atoms with Crippen LogP contribution in [0.25, 0.3) is 0 Å². The van der Waals surface area contributed by atoms with Crippen molar-refractivity contribution >= 4 is 0 Å². The highest BCUT2D eigenvalue weighted by Gasteiger charge is 2.03. The molecule has 0 aliphatic heterocycles. The minimum Gasteiger partial charge on any atom is -0.329 e. The SMILES string of the molecule is CC[C@@H](CN)N(C)C. The van der Waals surface area contributed by atoms with E-state index in [0.717, 1.165) is 13.0 Å². The summed E-state index contributed by atoms with van der Waals surface area (Å²) in [6.07, 6.45) is 1.14. The average Bonchev–Trinajstić information content (AvgIpc) is 1.69. The molecule has 0 rings (SSSR count). The minimum absolute atomic E-state index is 0.565. The van der Waals surface area contributed by atoms with Crippen LogP contribution in [0.2, 0.25) is 0 Å². The molecule has 2 N–H and O–H groups in total. The zero-order valence-electron chi connectivity index (χ0n) is 6.02. The summed E-state index contributed by atoms with van der Waals surface area (Å²) in [5.41, 5.74) is 5.44. The van der Waals surface area contributed by atoms with Crippen LogP contribution in [-0.4, -0.2) is 31.6 Å². The predicted octanol–water partition coefficient (Wildman–Crippen LogP) is 0.285. The summed E-state index contributed by atoms with van der Waals surface area (Å²) in [7, 11) is 4.11. The van der Waals surface area contributed by atoms with E-state index in [0.29, 0.717) is 6.04 Å². The summed E-state index contributed by atoms with van der Waals surface area (Å²) >= 11 is 0. The molecule has 0 spiro atoms. The van der Waals surface area contributed by atoms with E-state index in [-0.39, 0.29) is 0 Å². The van der Waals surface area contributed by atoms with E-state index in [4.69, 9.17) is 5.73 Å². The highest BCUT2D eigenvalue weighted by Crippen LogP contribution is 1.93. The van der Waals surface area contributed by atoms with Gasteiger partial charge in [-0.3, -0.25) is 0 Å². The molecule has 0 bridgehead atoms. The summed E-state index contributed by atoms with van der Waals surface area (Å²) in [5, 5.41) is 0. The molecule has 1 atom stereocenters.